The first kappa shape index (κ1) is 10.7. The highest BCUT2D eigenvalue weighted by Gasteiger charge is 2.34. The fourth-order valence-corrected chi connectivity index (χ4v) is 2.64. The summed E-state index contributed by atoms with van der Waals surface area (Å²) in [6.07, 6.45) is 0.312. The smallest absolute Gasteiger partial charge is 0.244 e. The van der Waals surface area contributed by atoms with Gasteiger partial charge in [0, 0.05) is 25.2 Å². The van der Waals surface area contributed by atoms with Gasteiger partial charge in [-0.05, 0) is 18.1 Å². The Kier molecular flexibility index (Phi) is 2.59. The van der Waals surface area contributed by atoms with Crippen molar-refractivity contribution in [3.05, 3.63) is 29.8 Å². The van der Waals surface area contributed by atoms with Crippen LogP contribution >= 0.6 is 0 Å². The normalized spacial score (nSPS) is 27.2. The predicted molar refractivity (Wildman–Crippen MR) is 63.8 cm³/mol. The number of hydrogen-bond acceptors (Lipinski definition) is 2. The van der Waals surface area contributed by atoms with E-state index >= 15 is 0 Å². The second kappa shape index (κ2) is 4.11. The van der Waals surface area contributed by atoms with Gasteiger partial charge in [0.25, 0.3) is 0 Å². The molecule has 0 bridgehead atoms. The third-order valence-electron chi connectivity index (χ3n) is 3.53. The number of carbonyl (C=O) groups is 1. The van der Waals surface area contributed by atoms with Crippen LogP contribution in [0, 0.1) is 0 Å². The van der Waals surface area contributed by atoms with Crippen molar-refractivity contribution in [1.29, 1.82) is 0 Å². The Labute approximate surface area is 99.6 Å². The zero-order valence-electron chi connectivity index (χ0n) is 9.53. The largest absolute Gasteiger partial charge is 0.310 e. The van der Waals surface area contributed by atoms with E-state index in [9.17, 15) is 9.18 Å². The summed E-state index contributed by atoms with van der Waals surface area (Å²) in [6.45, 7) is 1.01. The van der Waals surface area contributed by atoms with Crippen molar-refractivity contribution in [2.75, 3.05) is 18.0 Å². The molecule has 1 aromatic carbocycles. The van der Waals surface area contributed by atoms with Gasteiger partial charge in [-0.25, -0.2) is 4.39 Å². The van der Waals surface area contributed by atoms with E-state index in [1.54, 1.807) is 4.90 Å². The molecule has 90 valence electrons. The van der Waals surface area contributed by atoms with Crippen molar-refractivity contribution in [3.8, 4) is 0 Å². The summed E-state index contributed by atoms with van der Waals surface area (Å²) >= 11 is 0. The Morgan fingerprint density at radius 3 is 3.00 bits per heavy atom. The van der Waals surface area contributed by atoms with Gasteiger partial charge < -0.3 is 10.2 Å². The highest BCUT2D eigenvalue weighted by molar-refractivity contribution is 5.99. The number of para-hydroxylation sites is 1. The molecule has 2 unspecified atom stereocenters. The second-order valence-electron chi connectivity index (χ2n) is 4.66. The van der Waals surface area contributed by atoms with E-state index in [2.05, 4.69) is 5.32 Å². The molecule has 2 aliphatic heterocycles. The van der Waals surface area contributed by atoms with Crippen LogP contribution in [0.5, 0.6) is 0 Å². The molecule has 2 atom stereocenters. The van der Waals surface area contributed by atoms with Gasteiger partial charge in [0.1, 0.15) is 6.17 Å². The number of amides is 1. The maximum Gasteiger partial charge on any atom is 0.244 e. The zero-order valence-corrected chi connectivity index (χ0v) is 9.53. The molecule has 1 amide bonds. The summed E-state index contributed by atoms with van der Waals surface area (Å²) in [7, 11) is 0. The first-order chi connectivity index (χ1) is 8.25. The zero-order chi connectivity index (χ0) is 11.8. The highest BCUT2D eigenvalue weighted by atomic mass is 19.1. The molecule has 4 heteroatoms. The molecule has 3 nitrogen and oxygen atoms in total. The standard InChI is InChI=1S/C13H15FN2O/c14-10-7-11(15-8-10)13(17)16-6-5-9-3-1-2-4-12(9)16/h1-4,10-11,15H,5-8H2. The van der Waals surface area contributed by atoms with Crippen LogP contribution in [0.1, 0.15) is 12.0 Å². The molecule has 17 heavy (non-hydrogen) atoms. The number of carbonyl (C=O) groups excluding carboxylic acids is 1. The third kappa shape index (κ3) is 1.82. The molecule has 2 aliphatic rings. The predicted octanol–water partition coefficient (Wildman–Crippen LogP) is 1.28. The second-order valence-corrected chi connectivity index (χ2v) is 4.66. The lowest BCUT2D eigenvalue weighted by Crippen LogP contribution is -2.42. The SMILES string of the molecule is O=C(C1CC(F)CN1)N1CCc2ccccc21. The minimum absolute atomic E-state index is 0.00935. The summed E-state index contributed by atoms with van der Waals surface area (Å²) in [6, 6.07) is 7.57. The van der Waals surface area contributed by atoms with Crippen molar-refractivity contribution < 1.29 is 9.18 Å². The Bertz CT molecular complexity index is 449. The molecule has 0 aliphatic carbocycles. The van der Waals surface area contributed by atoms with E-state index in [0.29, 0.717) is 19.5 Å². The fraction of sp³-hybridized carbons (Fsp3) is 0.462. The number of nitrogens with zero attached hydrogens (tertiary/aromatic N) is 1. The number of halogens is 1. The number of hydrogen-bond donors (Lipinski definition) is 1. The van der Waals surface area contributed by atoms with E-state index < -0.39 is 6.17 Å². The lowest BCUT2D eigenvalue weighted by Gasteiger charge is -2.21. The summed E-state index contributed by atoms with van der Waals surface area (Å²) in [5.41, 5.74) is 2.19. The molecule has 1 saturated heterocycles. The Balaban J connectivity index is 1.80. The molecule has 1 fully saturated rings. The number of fused-ring (bicyclic) bond motifs is 1. The summed E-state index contributed by atoms with van der Waals surface area (Å²) in [5.74, 6) is 0.00935. The maximum absolute atomic E-state index is 13.1. The van der Waals surface area contributed by atoms with Crippen molar-refractivity contribution in [3.63, 3.8) is 0 Å². The van der Waals surface area contributed by atoms with E-state index in [4.69, 9.17) is 0 Å². The minimum Gasteiger partial charge on any atom is -0.310 e. The third-order valence-corrected chi connectivity index (χ3v) is 3.53. The van der Waals surface area contributed by atoms with Gasteiger partial charge in [-0.1, -0.05) is 18.2 Å². The highest BCUT2D eigenvalue weighted by Crippen LogP contribution is 2.28. The molecule has 0 spiro atoms. The monoisotopic (exact) mass is 234 g/mol. The number of benzene rings is 1. The molecule has 1 N–H and O–H groups in total. The minimum atomic E-state index is -0.887. The van der Waals surface area contributed by atoms with Gasteiger partial charge >= 0.3 is 0 Å². The average Bonchev–Trinajstić information content (AvgIpc) is 2.94. The lowest BCUT2D eigenvalue weighted by atomic mass is 10.1. The van der Waals surface area contributed by atoms with Crippen LogP contribution in [0.4, 0.5) is 10.1 Å². The summed E-state index contributed by atoms with van der Waals surface area (Å²) in [4.78, 5) is 14.0. The number of rotatable bonds is 1. The van der Waals surface area contributed by atoms with Gasteiger partial charge in [-0.3, -0.25) is 4.79 Å². The van der Waals surface area contributed by atoms with Gasteiger partial charge in [-0.15, -0.1) is 0 Å². The Hall–Kier alpha value is -1.42. The van der Waals surface area contributed by atoms with Crippen molar-refractivity contribution in [2.24, 2.45) is 0 Å². The van der Waals surface area contributed by atoms with Crippen LogP contribution < -0.4 is 10.2 Å². The van der Waals surface area contributed by atoms with Crippen molar-refractivity contribution in [1.82, 2.24) is 5.32 Å². The average molecular weight is 234 g/mol. The first-order valence-corrected chi connectivity index (χ1v) is 6.02. The fourth-order valence-electron chi connectivity index (χ4n) is 2.64. The van der Waals surface area contributed by atoms with Crippen LogP contribution in [0.25, 0.3) is 0 Å². The van der Waals surface area contributed by atoms with Crippen molar-refractivity contribution in [2.45, 2.75) is 25.1 Å². The van der Waals surface area contributed by atoms with Gasteiger partial charge in [0.2, 0.25) is 5.91 Å². The molecular formula is C13H15FN2O. The van der Waals surface area contributed by atoms with Crippen LogP contribution in [0.2, 0.25) is 0 Å². The van der Waals surface area contributed by atoms with Crippen LogP contribution in [0.15, 0.2) is 24.3 Å². The number of anilines is 1. The number of nitrogens with one attached hydrogen (secondary N) is 1. The Morgan fingerprint density at radius 1 is 1.41 bits per heavy atom. The lowest BCUT2D eigenvalue weighted by molar-refractivity contribution is -0.120. The quantitative estimate of drug-likeness (QED) is 0.793. The van der Waals surface area contributed by atoms with Gasteiger partial charge in [0.05, 0.1) is 6.04 Å². The van der Waals surface area contributed by atoms with E-state index in [-0.39, 0.29) is 11.9 Å². The van der Waals surface area contributed by atoms with Gasteiger partial charge in [0.15, 0.2) is 0 Å². The molecule has 3 rings (SSSR count). The first-order valence-electron chi connectivity index (χ1n) is 6.02. The molecule has 1 aromatic rings. The van der Waals surface area contributed by atoms with Crippen molar-refractivity contribution >= 4 is 11.6 Å². The van der Waals surface area contributed by atoms with Gasteiger partial charge in [-0.2, -0.15) is 0 Å². The molecule has 0 saturated carbocycles. The van der Waals surface area contributed by atoms with E-state index in [0.717, 1.165) is 12.1 Å². The molecule has 2 heterocycles. The summed E-state index contributed by atoms with van der Waals surface area (Å²) in [5, 5.41) is 2.95. The molecule has 0 radical (unpaired) electrons. The van der Waals surface area contributed by atoms with Crippen LogP contribution in [-0.4, -0.2) is 31.2 Å². The maximum atomic E-state index is 13.1. The van der Waals surface area contributed by atoms with Crippen LogP contribution in [-0.2, 0) is 11.2 Å². The number of alkyl halides is 1. The summed E-state index contributed by atoms with van der Waals surface area (Å²) < 4.78 is 13.1. The Morgan fingerprint density at radius 2 is 2.24 bits per heavy atom. The van der Waals surface area contributed by atoms with E-state index in [1.807, 2.05) is 24.3 Å². The molecular weight excluding hydrogens is 219 g/mol. The topological polar surface area (TPSA) is 32.3 Å². The molecule has 0 aromatic heterocycles. The van der Waals surface area contributed by atoms with Crippen LogP contribution in [0.3, 0.4) is 0 Å². The van der Waals surface area contributed by atoms with E-state index in [1.165, 1.54) is 5.56 Å².